The highest BCUT2D eigenvalue weighted by Crippen LogP contribution is 2.41. The van der Waals surface area contributed by atoms with Crippen LogP contribution in [0.15, 0.2) is 36.5 Å². The summed E-state index contributed by atoms with van der Waals surface area (Å²) in [5.74, 6) is 0.268. The highest BCUT2D eigenvalue weighted by atomic mass is 19.4. The minimum Gasteiger partial charge on any atom is -0.493 e. The van der Waals surface area contributed by atoms with E-state index in [1.165, 1.54) is 6.07 Å². The monoisotopic (exact) mass is 432 g/mol. The summed E-state index contributed by atoms with van der Waals surface area (Å²) in [4.78, 5) is 4.31. The van der Waals surface area contributed by atoms with Crippen LogP contribution in [0.4, 0.5) is 13.2 Å². The lowest BCUT2D eigenvalue weighted by Crippen LogP contribution is -2.35. The summed E-state index contributed by atoms with van der Waals surface area (Å²) >= 11 is 0. The Morgan fingerprint density at radius 1 is 1.19 bits per heavy atom. The molecule has 1 saturated carbocycles. The molecule has 1 aliphatic carbocycles. The molecular formula is C23H27F3N4O. The van der Waals surface area contributed by atoms with Gasteiger partial charge in [0.2, 0.25) is 0 Å². The maximum Gasteiger partial charge on any atom is 0.419 e. The number of rotatable bonds is 7. The Labute approximate surface area is 179 Å². The van der Waals surface area contributed by atoms with Gasteiger partial charge in [0.1, 0.15) is 5.75 Å². The molecule has 1 fully saturated rings. The summed E-state index contributed by atoms with van der Waals surface area (Å²) < 4.78 is 48.7. The first-order valence-electron chi connectivity index (χ1n) is 10.5. The van der Waals surface area contributed by atoms with Gasteiger partial charge >= 0.3 is 6.18 Å². The standard InChI is InChI=1S/C23H27F3N4O/c1-14(12-22(2,3)27)13-31-20-7-6-16(10-17(20)23(24,25)26)19-8-9-28-21-11-18(15-4-5-15)29-30(19)21/h6-11,14-15H,4-5,12-13,27H2,1-3H3/t14-/m0/s1. The summed E-state index contributed by atoms with van der Waals surface area (Å²) in [6.45, 7) is 5.85. The molecule has 1 aliphatic rings. The zero-order chi connectivity index (χ0) is 22.4. The van der Waals surface area contributed by atoms with Crippen molar-refractivity contribution in [3.05, 3.63) is 47.8 Å². The molecule has 2 aromatic heterocycles. The first-order chi connectivity index (χ1) is 14.5. The average molecular weight is 432 g/mol. The maximum atomic E-state index is 13.8. The fourth-order valence-electron chi connectivity index (χ4n) is 3.94. The van der Waals surface area contributed by atoms with E-state index in [9.17, 15) is 13.2 Å². The Balaban J connectivity index is 1.65. The number of hydrogen-bond acceptors (Lipinski definition) is 4. The van der Waals surface area contributed by atoms with Gasteiger partial charge in [-0.05, 0) is 63.3 Å². The third-order valence-electron chi connectivity index (χ3n) is 5.35. The van der Waals surface area contributed by atoms with Crippen LogP contribution in [-0.2, 0) is 6.18 Å². The quantitative estimate of drug-likeness (QED) is 0.540. The van der Waals surface area contributed by atoms with Crippen LogP contribution in [0.1, 0.15) is 57.2 Å². The molecule has 0 spiro atoms. The van der Waals surface area contributed by atoms with Gasteiger partial charge in [-0.25, -0.2) is 9.50 Å². The van der Waals surface area contributed by atoms with Crippen LogP contribution in [0, 0.1) is 5.92 Å². The van der Waals surface area contributed by atoms with Crippen molar-refractivity contribution in [2.75, 3.05) is 6.61 Å². The number of aromatic nitrogens is 3. The molecule has 0 aliphatic heterocycles. The second kappa shape index (κ2) is 7.82. The average Bonchev–Trinajstić information content (AvgIpc) is 3.42. The van der Waals surface area contributed by atoms with Crippen molar-refractivity contribution >= 4 is 5.65 Å². The van der Waals surface area contributed by atoms with Gasteiger partial charge in [0, 0.05) is 29.3 Å². The minimum absolute atomic E-state index is 0.0190. The van der Waals surface area contributed by atoms with Crippen molar-refractivity contribution in [3.63, 3.8) is 0 Å². The van der Waals surface area contributed by atoms with E-state index in [2.05, 4.69) is 10.1 Å². The van der Waals surface area contributed by atoms with Gasteiger partial charge in [-0.1, -0.05) is 6.92 Å². The van der Waals surface area contributed by atoms with E-state index >= 15 is 0 Å². The van der Waals surface area contributed by atoms with Gasteiger partial charge in [0.05, 0.1) is 23.6 Å². The van der Waals surface area contributed by atoms with Gasteiger partial charge in [-0.15, -0.1) is 0 Å². The molecule has 3 aromatic rings. The number of nitrogens with two attached hydrogens (primary N) is 1. The van der Waals surface area contributed by atoms with Crippen molar-refractivity contribution in [3.8, 4) is 17.0 Å². The first kappa shape index (κ1) is 21.6. The number of benzene rings is 1. The summed E-state index contributed by atoms with van der Waals surface area (Å²) in [5, 5.41) is 4.59. The number of fused-ring (bicyclic) bond motifs is 1. The lowest BCUT2D eigenvalue weighted by Gasteiger charge is -2.24. The molecule has 1 aromatic carbocycles. The molecule has 166 valence electrons. The Morgan fingerprint density at radius 2 is 1.94 bits per heavy atom. The molecule has 5 nitrogen and oxygen atoms in total. The van der Waals surface area contributed by atoms with E-state index < -0.39 is 17.3 Å². The number of alkyl halides is 3. The van der Waals surface area contributed by atoms with Crippen LogP contribution in [0.5, 0.6) is 5.75 Å². The SMILES string of the molecule is C[C@H](COc1ccc(-c2ccnc3cc(C4CC4)nn23)cc1C(F)(F)F)CC(C)(C)N. The van der Waals surface area contributed by atoms with E-state index in [4.69, 9.17) is 10.5 Å². The van der Waals surface area contributed by atoms with Crippen LogP contribution in [-0.4, -0.2) is 26.7 Å². The predicted molar refractivity (Wildman–Crippen MR) is 113 cm³/mol. The molecule has 2 N–H and O–H groups in total. The Morgan fingerprint density at radius 3 is 2.58 bits per heavy atom. The van der Waals surface area contributed by atoms with Crippen molar-refractivity contribution < 1.29 is 17.9 Å². The van der Waals surface area contributed by atoms with E-state index in [1.54, 1.807) is 22.8 Å². The smallest absolute Gasteiger partial charge is 0.419 e. The second-order valence-corrected chi connectivity index (χ2v) is 9.26. The Kier molecular flexibility index (Phi) is 5.45. The third-order valence-corrected chi connectivity index (χ3v) is 5.35. The number of hydrogen-bond donors (Lipinski definition) is 1. The molecule has 31 heavy (non-hydrogen) atoms. The molecule has 2 heterocycles. The topological polar surface area (TPSA) is 65.4 Å². The Hall–Kier alpha value is -2.61. The van der Waals surface area contributed by atoms with E-state index in [1.807, 2.05) is 26.8 Å². The van der Waals surface area contributed by atoms with Crippen molar-refractivity contribution in [2.45, 2.75) is 57.7 Å². The van der Waals surface area contributed by atoms with Crippen LogP contribution in [0.2, 0.25) is 0 Å². The maximum absolute atomic E-state index is 13.8. The minimum atomic E-state index is -4.54. The third kappa shape index (κ3) is 5.01. The van der Waals surface area contributed by atoms with Crippen molar-refractivity contribution in [2.24, 2.45) is 11.7 Å². The first-order valence-corrected chi connectivity index (χ1v) is 10.5. The zero-order valence-corrected chi connectivity index (χ0v) is 17.9. The number of halogens is 3. The van der Waals surface area contributed by atoms with Crippen LogP contribution < -0.4 is 10.5 Å². The molecule has 8 heteroatoms. The Bertz CT molecular complexity index is 1080. The van der Waals surface area contributed by atoms with Crippen LogP contribution >= 0.6 is 0 Å². The van der Waals surface area contributed by atoms with Crippen LogP contribution in [0.3, 0.4) is 0 Å². The van der Waals surface area contributed by atoms with Gasteiger partial charge in [-0.3, -0.25) is 0 Å². The summed E-state index contributed by atoms with van der Waals surface area (Å²) in [6.07, 6.45) is -0.134. The highest BCUT2D eigenvalue weighted by molar-refractivity contribution is 5.65. The fourth-order valence-corrected chi connectivity index (χ4v) is 3.94. The molecule has 4 rings (SSSR count). The number of nitrogens with zero attached hydrogens (tertiary/aromatic N) is 3. The number of ether oxygens (including phenoxy) is 1. The van der Waals surface area contributed by atoms with E-state index in [0.29, 0.717) is 29.2 Å². The van der Waals surface area contributed by atoms with Crippen LogP contribution in [0.25, 0.3) is 16.9 Å². The summed E-state index contributed by atoms with van der Waals surface area (Å²) in [7, 11) is 0. The molecular weight excluding hydrogens is 405 g/mol. The summed E-state index contributed by atoms with van der Waals surface area (Å²) in [5.41, 5.74) is 7.34. The normalized spacial score (nSPS) is 16.0. The highest BCUT2D eigenvalue weighted by Gasteiger charge is 2.35. The lowest BCUT2D eigenvalue weighted by molar-refractivity contribution is -0.139. The lowest BCUT2D eigenvalue weighted by atomic mass is 9.93. The van der Waals surface area contributed by atoms with Gasteiger partial charge in [-0.2, -0.15) is 18.3 Å². The van der Waals surface area contributed by atoms with Crippen molar-refractivity contribution in [1.29, 1.82) is 0 Å². The van der Waals surface area contributed by atoms with Crippen molar-refractivity contribution in [1.82, 2.24) is 14.6 Å². The predicted octanol–water partition coefficient (Wildman–Crippen LogP) is 5.43. The van der Waals surface area contributed by atoms with E-state index in [0.717, 1.165) is 24.6 Å². The van der Waals surface area contributed by atoms with Gasteiger partial charge in [0.15, 0.2) is 5.65 Å². The summed E-state index contributed by atoms with van der Waals surface area (Å²) in [6, 6.07) is 7.73. The zero-order valence-electron chi connectivity index (χ0n) is 17.9. The molecule has 0 amide bonds. The molecule has 0 radical (unpaired) electrons. The molecule has 0 bridgehead atoms. The van der Waals surface area contributed by atoms with Gasteiger partial charge in [0.25, 0.3) is 0 Å². The van der Waals surface area contributed by atoms with Gasteiger partial charge < -0.3 is 10.5 Å². The second-order valence-electron chi connectivity index (χ2n) is 9.26. The van der Waals surface area contributed by atoms with E-state index in [-0.39, 0.29) is 18.3 Å². The molecule has 1 atom stereocenters. The largest absolute Gasteiger partial charge is 0.493 e. The fraction of sp³-hybridized carbons (Fsp3) is 0.478. The molecule has 0 unspecified atom stereocenters. The molecule has 0 saturated heterocycles.